The SMILES string of the molecule is CC(C)Nc1cccnc1N1CCNCC1.CS(=O)(=O)O. The van der Waals surface area contributed by atoms with Crippen molar-refractivity contribution in [3.05, 3.63) is 18.3 Å². The van der Waals surface area contributed by atoms with Gasteiger partial charge in [-0.15, -0.1) is 0 Å². The molecular formula is C13H24N4O3S. The van der Waals surface area contributed by atoms with Gasteiger partial charge in [0.1, 0.15) is 0 Å². The van der Waals surface area contributed by atoms with E-state index in [9.17, 15) is 8.42 Å². The van der Waals surface area contributed by atoms with Gasteiger partial charge in [-0.1, -0.05) is 0 Å². The second kappa shape index (κ2) is 8.16. The summed E-state index contributed by atoms with van der Waals surface area (Å²) in [5.41, 5.74) is 1.14. The molecule has 0 amide bonds. The van der Waals surface area contributed by atoms with E-state index in [2.05, 4.69) is 40.4 Å². The zero-order valence-electron chi connectivity index (χ0n) is 12.7. The molecule has 8 heteroatoms. The third-order valence-electron chi connectivity index (χ3n) is 2.65. The minimum atomic E-state index is -3.67. The summed E-state index contributed by atoms with van der Waals surface area (Å²) in [6.07, 6.45) is 2.58. The number of pyridine rings is 1. The number of anilines is 2. The predicted octanol–water partition coefficient (Wildman–Crippen LogP) is 0.816. The lowest BCUT2D eigenvalue weighted by molar-refractivity contribution is 0.490. The van der Waals surface area contributed by atoms with E-state index in [1.165, 1.54) is 0 Å². The van der Waals surface area contributed by atoms with Crippen LogP contribution in [0, 0.1) is 0 Å². The molecule has 3 N–H and O–H groups in total. The molecular weight excluding hydrogens is 292 g/mol. The van der Waals surface area contributed by atoms with Crippen LogP contribution in [0.25, 0.3) is 0 Å². The highest BCUT2D eigenvalue weighted by molar-refractivity contribution is 7.85. The van der Waals surface area contributed by atoms with Crippen LogP contribution in [0.3, 0.4) is 0 Å². The molecule has 120 valence electrons. The molecule has 0 atom stereocenters. The molecule has 1 aromatic rings. The summed E-state index contributed by atoms with van der Waals surface area (Å²) in [7, 11) is -3.67. The van der Waals surface area contributed by atoms with Gasteiger partial charge in [0.05, 0.1) is 11.9 Å². The first-order chi connectivity index (χ1) is 9.77. The van der Waals surface area contributed by atoms with Crippen molar-refractivity contribution in [2.75, 3.05) is 42.7 Å². The van der Waals surface area contributed by atoms with Crippen LogP contribution < -0.4 is 15.5 Å². The van der Waals surface area contributed by atoms with Gasteiger partial charge in [-0.05, 0) is 26.0 Å². The Morgan fingerprint density at radius 1 is 1.38 bits per heavy atom. The summed E-state index contributed by atoms with van der Waals surface area (Å²) in [4.78, 5) is 6.83. The third kappa shape index (κ3) is 7.84. The van der Waals surface area contributed by atoms with Crippen LogP contribution in [0.2, 0.25) is 0 Å². The normalized spacial score (nSPS) is 15.4. The lowest BCUT2D eigenvalue weighted by Crippen LogP contribution is -2.44. The Kier molecular flexibility index (Phi) is 6.86. The Hall–Kier alpha value is -1.38. The molecule has 2 rings (SSSR count). The molecule has 1 aromatic heterocycles. The Labute approximate surface area is 126 Å². The molecule has 0 unspecified atom stereocenters. The first kappa shape index (κ1) is 17.7. The van der Waals surface area contributed by atoms with Crippen molar-refractivity contribution in [2.45, 2.75) is 19.9 Å². The van der Waals surface area contributed by atoms with E-state index >= 15 is 0 Å². The second-order valence-electron chi connectivity index (χ2n) is 5.14. The predicted molar refractivity (Wildman–Crippen MR) is 85.6 cm³/mol. The van der Waals surface area contributed by atoms with Gasteiger partial charge in [0.15, 0.2) is 5.82 Å². The lowest BCUT2D eigenvalue weighted by atomic mass is 10.3. The van der Waals surface area contributed by atoms with Crippen molar-refractivity contribution in [3.63, 3.8) is 0 Å². The molecule has 0 saturated carbocycles. The number of nitrogens with zero attached hydrogens (tertiary/aromatic N) is 2. The summed E-state index contributed by atoms with van der Waals surface area (Å²) >= 11 is 0. The molecule has 7 nitrogen and oxygen atoms in total. The van der Waals surface area contributed by atoms with Gasteiger partial charge in [-0.2, -0.15) is 8.42 Å². The molecule has 0 spiro atoms. The highest BCUT2D eigenvalue weighted by Crippen LogP contribution is 2.23. The van der Waals surface area contributed by atoms with E-state index in [4.69, 9.17) is 4.55 Å². The molecule has 1 aliphatic rings. The monoisotopic (exact) mass is 316 g/mol. The fraction of sp³-hybridized carbons (Fsp3) is 0.615. The first-order valence-electron chi connectivity index (χ1n) is 6.87. The topological polar surface area (TPSA) is 94.6 Å². The molecule has 0 aliphatic carbocycles. The second-order valence-corrected chi connectivity index (χ2v) is 6.61. The van der Waals surface area contributed by atoms with E-state index in [-0.39, 0.29) is 0 Å². The summed E-state index contributed by atoms with van der Waals surface area (Å²) < 4.78 is 25.9. The van der Waals surface area contributed by atoms with Crippen LogP contribution in [0.1, 0.15) is 13.8 Å². The number of nitrogens with one attached hydrogen (secondary N) is 2. The number of rotatable bonds is 3. The number of hydrogen-bond acceptors (Lipinski definition) is 6. The molecule has 2 heterocycles. The molecule has 1 saturated heterocycles. The quantitative estimate of drug-likeness (QED) is 0.711. The number of hydrogen-bond donors (Lipinski definition) is 3. The average molecular weight is 316 g/mol. The van der Waals surface area contributed by atoms with E-state index < -0.39 is 10.1 Å². The zero-order valence-corrected chi connectivity index (χ0v) is 13.5. The van der Waals surface area contributed by atoms with Gasteiger partial charge >= 0.3 is 0 Å². The van der Waals surface area contributed by atoms with Crippen molar-refractivity contribution in [1.82, 2.24) is 10.3 Å². The standard InChI is InChI=1S/C12H20N4.CH4O3S/c1-10(2)15-11-4-3-5-14-12(11)16-8-6-13-7-9-16;1-5(2,3)4/h3-5,10,13,15H,6-9H2,1-2H3;1H3,(H,2,3,4). The highest BCUT2D eigenvalue weighted by Gasteiger charge is 2.15. The highest BCUT2D eigenvalue weighted by atomic mass is 32.2. The van der Waals surface area contributed by atoms with Gasteiger partial charge < -0.3 is 15.5 Å². The molecule has 21 heavy (non-hydrogen) atoms. The van der Waals surface area contributed by atoms with Crippen LogP contribution in [0.4, 0.5) is 11.5 Å². The maximum absolute atomic E-state index is 9.19. The van der Waals surface area contributed by atoms with Crippen LogP contribution in [-0.4, -0.2) is 56.4 Å². The molecule has 1 fully saturated rings. The molecule has 0 radical (unpaired) electrons. The van der Waals surface area contributed by atoms with E-state index in [0.717, 1.165) is 37.7 Å². The Balaban J connectivity index is 0.000000383. The van der Waals surface area contributed by atoms with Gasteiger partial charge in [0, 0.05) is 38.4 Å². The van der Waals surface area contributed by atoms with E-state index in [1.54, 1.807) is 0 Å². The van der Waals surface area contributed by atoms with Gasteiger partial charge in [-0.25, -0.2) is 4.98 Å². The summed E-state index contributed by atoms with van der Waals surface area (Å²) in [6.45, 7) is 8.44. The van der Waals surface area contributed by atoms with Crippen LogP contribution in [0.5, 0.6) is 0 Å². The minimum absolute atomic E-state index is 0.436. The largest absolute Gasteiger partial charge is 0.380 e. The maximum atomic E-state index is 9.19. The minimum Gasteiger partial charge on any atom is -0.380 e. The van der Waals surface area contributed by atoms with Gasteiger partial charge in [-0.3, -0.25) is 4.55 Å². The van der Waals surface area contributed by atoms with Crippen molar-refractivity contribution in [3.8, 4) is 0 Å². The lowest BCUT2D eigenvalue weighted by Gasteiger charge is -2.30. The molecule has 1 aliphatic heterocycles. The van der Waals surface area contributed by atoms with Crippen molar-refractivity contribution >= 4 is 21.6 Å². The van der Waals surface area contributed by atoms with Crippen LogP contribution in [-0.2, 0) is 10.1 Å². The van der Waals surface area contributed by atoms with Crippen LogP contribution >= 0.6 is 0 Å². The number of aromatic nitrogens is 1. The van der Waals surface area contributed by atoms with Crippen molar-refractivity contribution in [2.24, 2.45) is 0 Å². The molecule has 0 bridgehead atoms. The Morgan fingerprint density at radius 3 is 2.48 bits per heavy atom. The average Bonchev–Trinajstić information content (AvgIpc) is 2.38. The first-order valence-corrected chi connectivity index (χ1v) is 8.72. The maximum Gasteiger partial charge on any atom is 0.261 e. The van der Waals surface area contributed by atoms with Crippen LogP contribution in [0.15, 0.2) is 18.3 Å². The Morgan fingerprint density at radius 2 is 1.95 bits per heavy atom. The van der Waals surface area contributed by atoms with Gasteiger partial charge in [0.25, 0.3) is 10.1 Å². The van der Waals surface area contributed by atoms with Crippen molar-refractivity contribution in [1.29, 1.82) is 0 Å². The third-order valence-corrected chi connectivity index (χ3v) is 2.65. The summed E-state index contributed by atoms with van der Waals surface area (Å²) in [6, 6.07) is 4.52. The van der Waals surface area contributed by atoms with Crippen molar-refractivity contribution < 1.29 is 13.0 Å². The fourth-order valence-electron chi connectivity index (χ4n) is 1.95. The van der Waals surface area contributed by atoms with E-state index in [0.29, 0.717) is 12.3 Å². The summed E-state index contributed by atoms with van der Waals surface area (Å²) in [5, 5.41) is 6.80. The number of piperazine rings is 1. The summed E-state index contributed by atoms with van der Waals surface area (Å²) in [5.74, 6) is 1.08. The van der Waals surface area contributed by atoms with Gasteiger partial charge in [0.2, 0.25) is 0 Å². The van der Waals surface area contributed by atoms with E-state index in [1.807, 2.05) is 12.3 Å². The molecule has 0 aromatic carbocycles. The fourth-order valence-corrected chi connectivity index (χ4v) is 1.95. The Bertz CT molecular complexity index is 520. The zero-order chi connectivity index (χ0) is 15.9. The smallest absolute Gasteiger partial charge is 0.261 e.